The van der Waals surface area contributed by atoms with E-state index in [9.17, 15) is 0 Å². The summed E-state index contributed by atoms with van der Waals surface area (Å²) in [5.74, 6) is 0. The van der Waals surface area contributed by atoms with Crippen LogP contribution in [0, 0.1) is 13.8 Å². The van der Waals surface area contributed by atoms with Crippen molar-refractivity contribution >= 4 is 5.69 Å². The lowest BCUT2D eigenvalue weighted by Gasteiger charge is -2.12. The van der Waals surface area contributed by atoms with Crippen LogP contribution in [0.3, 0.4) is 0 Å². The average molecular weight is 221 g/mol. The van der Waals surface area contributed by atoms with Crippen LogP contribution in [0.15, 0.2) is 18.2 Å². The zero-order valence-corrected chi connectivity index (χ0v) is 9.95. The Morgan fingerprint density at radius 1 is 1.25 bits per heavy atom. The summed E-state index contributed by atoms with van der Waals surface area (Å²) in [6.45, 7) is 6.58. The molecule has 1 aromatic carbocycles. The van der Waals surface area contributed by atoms with Gasteiger partial charge < -0.3 is 14.8 Å². The van der Waals surface area contributed by atoms with E-state index in [2.05, 4.69) is 37.4 Å². The first-order chi connectivity index (χ1) is 7.75. The van der Waals surface area contributed by atoms with Gasteiger partial charge in [0.05, 0.1) is 13.2 Å². The zero-order chi connectivity index (χ0) is 11.4. The van der Waals surface area contributed by atoms with Crippen molar-refractivity contribution in [2.45, 2.75) is 26.6 Å². The Balaban J connectivity index is 1.80. The highest BCUT2D eigenvalue weighted by molar-refractivity contribution is 5.51. The molecule has 3 heteroatoms. The van der Waals surface area contributed by atoms with Crippen molar-refractivity contribution in [2.24, 2.45) is 0 Å². The summed E-state index contributed by atoms with van der Waals surface area (Å²) in [7, 11) is 0. The Kier molecular flexibility index (Phi) is 3.80. The second-order valence-electron chi connectivity index (χ2n) is 4.20. The van der Waals surface area contributed by atoms with Gasteiger partial charge in [-0.15, -0.1) is 0 Å². The predicted octanol–water partition coefficient (Wildman–Crippen LogP) is 2.48. The van der Waals surface area contributed by atoms with Crippen molar-refractivity contribution < 1.29 is 9.47 Å². The Morgan fingerprint density at radius 2 is 2.00 bits per heavy atom. The standard InChI is InChI=1S/C13H19NO2/c1-10-3-4-12(11(2)9-10)14-6-5-13-15-7-8-16-13/h3-4,9,13-14H,5-8H2,1-2H3. The van der Waals surface area contributed by atoms with Crippen LogP contribution in [0.4, 0.5) is 5.69 Å². The van der Waals surface area contributed by atoms with Crippen LogP contribution in [0.1, 0.15) is 17.5 Å². The van der Waals surface area contributed by atoms with Crippen molar-refractivity contribution in [1.29, 1.82) is 0 Å². The quantitative estimate of drug-likeness (QED) is 0.847. The molecule has 0 unspecified atom stereocenters. The lowest BCUT2D eigenvalue weighted by molar-refractivity contribution is -0.0439. The Labute approximate surface area is 96.8 Å². The molecule has 0 spiro atoms. The average Bonchev–Trinajstić information content (AvgIpc) is 2.74. The number of rotatable bonds is 4. The number of anilines is 1. The second kappa shape index (κ2) is 5.32. The molecule has 1 saturated heterocycles. The third kappa shape index (κ3) is 2.97. The summed E-state index contributed by atoms with van der Waals surface area (Å²) in [6, 6.07) is 6.43. The van der Waals surface area contributed by atoms with Gasteiger partial charge in [-0.1, -0.05) is 17.7 Å². The molecule has 0 aliphatic carbocycles. The van der Waals surface area contributed by atoms with Crippen LogP contribution >= 0.6 is 0 Å². The lowest BCUT2D eigenvalue weighted by Crippen LogP contribution is -2.14. The first kappa shape index (κ1) is 11.4. The minimum atomic E-state index is -0.0155. The molecule has 1 N–H and O–H groups in total. The highest BCUT2D eigenvalue weighted by Crippen LogP contribution is 2.16. The highest BCUT2D eigenvalue weighted by atomic mass is 16.7. The predicted molar refractivity (Wildman–Crippen MR) is 64.7 cm³/mol. The molecule has 3 nitrogen and oxygen atoms in total. The molecule has 1 aliphatic rings. The third-order valence-electron chi connectivity index (χ3n) is 2.77. The minimum absolute atomic E-state index is 0.0155. The molecule has 0 amide bonds. The summed E-state index contributed by atoms with van der Waals surface area (Å²) < 4.78 is 10.8. The van der Waals surface area contributed by atoms with Gasteiger partial charge in [0.15, 0.2) is 6.29 Å². The molecule has 0 radical (unpaired) electrons. The van der Waals surface area contributed by atoms with Crippen LogP contribution in [-0.2, 0) is 9.47 Å². The van der Waals surface area contributed by atoms with E-state index in [1.807, 2.05) is 0 Å². The summed E-state index contributed by atoms with van der Waals surface area (Å²) in [6.07, 6.45) is 0.881. The SMILES string of the molecule is Cc1ccc(NCCC2OCCO2)c(C)c1. The lowest BCUT2D eigenvalue weighted by atomic mass is 10.1. The minimum Gasteiger partial charge on any atom is -0.385 e. The fourth-order valence-corrected chi connectivity index (χ4v) is 1.91. The van der Waals surface area contributed by atoms with Crippen molar-refractivity contribution in [3.05, 3.63) is 29.3 Å². The first-order valence-corrected chi connectivity index (χ1v) is 5.80. The van der Waals surface area contributed by atoms with E-state index < -0.39 is 0 Å². The molecule has 16 heavy (non-hydrogen) atoms. The topological polar surface area (TPSA) is 30.5 Å². The van der Waals surface area contributed by atoms with Crippen LogP contribution in [0.25, 0.3) is 0 Å². The van der Waals surface area contributed by atoms with Crippen molar-refractivity contribution in [3.8, 4) is 0 Å². The summed E-state index contributed by atoms with van der Waals surface area (Å²) >= 11 is 0. The fourth-order valence-electron chi connectivity index (χ4n) is 1.91. The van der Waals surface area contributed by atoms with E-state index in [-0.39, 0.29) is 6.29 Å². The number of aryl methyl sites for hydroxylation is 2. The smallest absolute Gasteiger partial charge is 0.159 e. The van der Waals surface area contributed by atoms with Gasteiger partial charge in [-0.25, -0.2) is 0 Å². The number of ether oxygens (including phenoxy) is 2. The monoisotopic (exact) mass is 221 g/mol. The normalized spacial score (nSPS) is 16.6. The Morgan fingerprint density at radius 3 is 2.69 bits per heavy atom. The van der Waals surface area contributed by atoms with Gasteiger partial charge in [0.25, 0.3) is 0 Å². The molecule has 1 aliphatic heterocycles. The van der Waals surface area contributed by atoms with Gasteiger partial charge in [0.2, 0.25) is 0 Å². The second-order valence-corrected chi connectivity index (χ2v) is 4.20. The summed E-state index contributed by atoms with van der Waals surface area (Å²) in [5, 5.41) is 3.41. The van der Waals surface area contributed by atoms with Crippen LogP contribution in [-0.4, -0.2) is 26.0 Å². The molecular weight excluding hydrogens is 202 g/mol. The summed E-state index contributed by atoms with van der Waals surface area (Å²) in [5.41, 5.74) is 3.78. The largest absolute Gasteiger partial charge is 0.385 e. The van der Waals surface area contributed by atoms with Crippen molar-refractivity contribution in [1.82, 2.24) is 0 Å². The number of nitrogens with one attached hydrogen (secondary N) is 1. The third-order valence-corrected chi connectivity index (χ3v) is 2.77. The number of benzene rings is 1. The fraction of sp³-hybridized carbons (Fsp3) is 0.538. The zero-order valence-electron chi connectivity index (χ0n) is 9.95. The van der Waals surface area contributed by atoms with E-state index in [1.54, 1.807) is 0 Å². The molecule has 1 fully saturated rings. The van der Waals surface area contributed by atoms with Crippen LogP contribution < -0.4 is 5.32 Å². The van der Waals surface area contributed by atoms with Crippen LogP contribution in [0.5, 0.6) is 0 Å². The maximum absolute atomic E-state index is 5.38. The van der Waals surface area contributed by atoms with Gasteiger partial charge in [-0.05, 0) is 25.5 Å². The molecule has 0 saturated carbocycles. The molecule has 88 valence electrons. The number of hydrogen-bond acceptors (Lipinski definition) is 3. The molecule has 0 atom stereocenters. The van der Waals surface area contributed by atoms with Crippen molar-refractivity contribution in [3.63, 3.8) is 0 Å². The molecule has 0 aromatic heterocycles. The summed E-state index contributed by atoms with van der Waals surface area (Å²) in [4.78, 5) is 0. The first-order valence-electron chi connectivity index (χ1n) is 5.80. The molecule has 2 rings (SSSR count). The van der Waals surface area contributed by atoms with E-state index >= 15 is 0 Å². The molecular formula is C13H19NO2. The maximum atomic E-state index is 5.38. The van der Waals surface area contributed by atoms with E-state index in [4.69, 9.17) is 9.47 Å². The highest BCUT2D eigenvalue weighted by Gasteiger charge is 2.14. The Hall–Kier alpha value is -1.06. The molecule has 1 heterocycles. The van der Waals surface area contributed by atoms with Gasteiger partial charge in [-0.2, -0.15) is 0 Å². The van der Waals surface area contributed by atoms with Crippen molar-refractivity contribution in [2.75, 3.05) is 25.1 Å². The molecule has 0 bridgehead atoms. The number of hydrogen-bond donors (Lipinski definition) is 1. The van der Waals surface area contributed by atoms with Gasteiger partial charge in [0.1, 0.15) is 0 Å². The Bertz CT molecular complexity index is 346. The van der Waals surface area contributed by atoms with Gasteiger partial charge in [0, 0.05) is 18.7 Å². The maximum Gasteiger partial charge on any atom is 0.159 e. The van der Waals surface area contributed by atoms with E-state index in [0.717, 1.165) is 26.2 Å². The van der Waals surface area contributed by atoms with Gasteiger partial charge in [-0.3, -0.25) is 0 Å². The van der Waals surface area contributed by atoms with E-state index in [0.29, 0.717) is 0 Å². The van der Waals surface area contributed by atoms with Crippen LogP contribution in [0.2, 0.25) is 0 Å². The molecule has 1 aromatic rings. The van der Waals surface area contributed by atoms with Gasteiger partial charge >= 0.3 is 0 Å². The van der Waals surface area contributed by atoms with E-state index in [1.165, 1.54) is 16.8 Å².